The van der Waals surface area contributed by atoms with E-state index in [-0.39, 0.29) is 5.91 Å². The molecule has 0 bridgehead atoms. The number of anilines is 1. The van der Waals surface area contributed by atoms with Crippen LogP contribution in [0.4, 0.5) is 5.82 Å². The third-order valence-electron chi connectivity index (χ3n) is 1.94. The molecule has 1 amide bonds. The van der Waals surface area contributed by atoms with Gasteiger partial charge in [-0.3, -0.25) is 9.48 Å². The van der Waals surface area contributed by atoms with Crippen molar-refractivity contribution in [2.75, 3.05) is 5.32 Å². The van der Waals surface area contributed by atoms with Gasteiger partial charge in [-0.15, -0.1) is 0 Å². The molecule has 0 saturated heterocycles. The van der Waals surface area contributed by atoms with E-state index in [4.69, 9.17) is 11.6 Å². The second kappa shape index (κ2) is 4.32. The number of nitrogens with zero attached hydrogens (tertiary/aromatic N) is 3. The van der Waals surface area contributed by atoms with Gasteiger partial charge in [0.15, 0.2) is 5.82 Å². The van der Waals surface area contributed by atoms with Crippen molar-refractivity contribution in [3.63, 3.8) is 0 Å². The molecular weight excluding hydrogens is 228 g/mol. The van der Waals surface area contributed by atoms with Crippen LogP contribution in [0, 0.1) is 0 Å². The summed E-state index contributed by atoms with van der Waals surface area (Å²) in [5, 5.41) is 7.03. The highest BCUT2D eigenvalue weighted by molar-refractivity contribution is 6.29. The zero-order chi connectivity index (χ0) is 11.5. The summed E-state index contributed by atoms with van der Waals surface area (Å²) in [7, 11) is 1.78. The summed E-state index contributed by atoms with van der Waals surface area (Å²) in [6, 6.07) is 4.88. The van der Waals surface area contributed by atoms with Gasteiger partial charge in [-0.25, -0.2) is 4.98 Å². The van der Waals surface area contributed by atoms with E-state index in [1.165, 1.54) is 6.20 Å². The van der Waals surface area contributed by atoms with E-state index in [1.807, 2.05) is 0 Å². The molecule has 2 aromatic heterocycles. The Morgan fingerprint density at radius 3 is 2.81 bits per heavy atom. The van der Waals surface area contributed by atoms with Crippen molar-refractivity contribution in [1.82, 2.24) is 14.8 Å². The second-order valence-corrected chi connectivity index (χ2v) is 3.59. The van der Waals surface area contributed by atoms with E-state index < -0.39 is 0 Å². The van der Waals surface area contributed by atoms with E-state index in [0.29, 0.717) is 16.5 Å². The molecule has 0 aliphatic rings. The normalized spacial score (nSPS) is 10.1. The second-order valence-electron chi connectivity index (χ2n) is 3.20. The maximum absolute atomic E-state index is 11.7. The van der Waals surface area contributed by atoms with E-state index in [9.17, 15) is 4.79 Å². The smallest absolute Gasteiger partial charge is 0.258 e. The largest absolute Gasteiger partial charge is 0.305 e. The van der Waals surface area contributed by atoms with Crippen LogP contribution in [0.2, 0.25) is 5.15 Å². The molecule has 6 heteroatoms. The first-order chi connectivity index (χ1) is 7.65. The molecule has 0 aliphatic carbocycles. The van der Waals surface area contributed by atoms with Crippen LogP contribution in [0.3, 0.4) is 0 Å². The molecule has 82 valence electrons. The average Bonchev–Trinajstić information content (AvgIpc) is 2.65. The Hall–Kier alpha value is -1.88. The van der Waals surface area contributed by atoms with Crippen LogP contribution in [-0.2, 0) is 7.05 Å². The number of hydrogen-bond acceptors (Lipinski definition) is 3. The minimum atomic E-state index is -0.261. The standard InChI is InChI=1S/C10H9ClN4O/c1-15-5-4-9(14-15)13-10(16)7-2-3-8(11)12-6-7/h2-6H,1H3,(H,13,14,16). The maximum Gasteiger partial charge on any atom is 0.258 e. The lowest BCUT2D eigenvalue weighted by atomic mass is 10.3. The third kappa shape index (κ3) is 2.38. The van der Waals surface area contributed by atoms with Gasteiger partial charge in [-0.2, -0.15) is 5.10 Å². The van der Waals surface area contributed by atoms with Crippen molar-refractivity contribution in [3.05, 3.63) is 41.3 Å². The molecule has 2 heterocycles. The van der Waals surface area contributed by atoms with Crippen LogP contribution in [0.5, 0.6) is 0 Å². The first kappa shape index (κ1) is 10.6. The lowest BCUT2D eigenvalue weighted by molar-refractivity contribution is 0.102. The van der Waals surface area contributed by atoms with Gasteiger partial charge >= 0.3 is 0 Å². The molecule has 2 rings (SSSR count). The fourth-order valence-corrected chi connectivity index (χ4v) is 1.29. The highest BCUT2D eigenvalue weighted by Gasteiger charge is 2.07. The summed E-state index contributed by atoms with van der Waals surface area (Å²) in [6.45, 7) is 0. The molecule has 0 saturated carbocycles. The summed E-state index contributed by atoms with van der Waals surface area (Å²) in [5.74, 6) is 0.241. The molecular formula is C10H9ClN4O. The molecule has 2 aromatic rings. The Kier molecular flexibility index (Phi) is 2.87. The van der Waals surface area contributed by atoms with E-state index in [0.717, 1.165) is 0 Å². The zero-order valence-electron chi connectivity index (χ0n) is 8.51. The first-order valence-corrected chi connectivity index (χ1v) is 4.95. The minimum absolute atomic E-state index is 0.261. The molecule has 0 spiro atoms. The molecule has 0 unspecified atom stereocenters. The van der Waals surface area contributed by atoms with Crippen molar-refractivity contribution in [2.45, 2.75) is 0 Å². The fraction of sp³-hybridized carbons (Fsp3) is 0.100. The summed E-state index contributed by atoms with van der Waals surface area (Å²) >= 11 is 5.62. The Labute approximate surface area is 97.1 Å². The number of pyridine rings is 1. The Balaban J connectivity index is 2.11. The quantitative estimate of drug-likeness (QED) is 0.808. The summed E-state index contributed by atoms with van der Waals surface area (Å²) in [4.78, 5) is 15.5. The number of halogens is 1. The van der Waals surface area contributed by atoms with Gasteiger partial charge in [0.05, 0.1) is 5.56 Å². The SMILES string of the molecule is Cn1ccc(NC(=O)c2ccc(Cl)nc2)n1. The van der Waals surface area contributed by atoms with Gasteiger partial charge in [-0.1, -0.05) is 11.6 Å². The van der Waals surface area contributed by atoms with Crippen molar-refractivity contribution in [3.8, 4) is 0 Å². The Morgan fingerprint density at radius 1 is 1.44 bits per heavy atom. The number of carbonyl (C=O) groups excluding carboxylic acids is 1. The highest BCUT2D eigenvalue weighted by atomic mass is 35.5. The van der Waals surface area contributed by atoms with E-state index in [1.54, 1.807) is 36.1 Å². The Morgan fingerprint density at radius 2 is 2.25 bits per heavy atom. The van der Waals surface area contributed by atoms with Crippen LogP contribution in [0.25, 0.3) is 0 Å². The number of aryl methyl sites for hydroxylation is 1. The number of amides is 1. The zero-order valence-corrected chi connectivity index (χ0v) is 9.27. The van der Waals surface area contributed by atoms with Crippen LogP contribution in [-0.4, -0.2) is 20.7 Å². The van der Waals surface area contributed by atoms with Gasteiger partial charge in [0, 0.05) is 25.5 Å². The number of nitrogens with one attached hydrogen (secondary N) is 1. The van der Waals surface area contributed by atoms with Crippen molar-refractivity contribution >= 4 is 23.3 Å². The number of hydrogen-bond donors (Lipinski definition) is 1. The predicted octanol–water partition coefficient (Wildman–Crippen LogP) is 1.72. The highest BCUT2D eigenvalue weighted by Crippen LogP contribution is 2.08. The van der Waals surface area contributed by atoms with Crippen molar-refractivity contribution < 1.29 is 4.79 Å². The van der Waals surface area contributed by atoms with Crippen molar-refractivity contribution in [1.29, 1.82) is 0 Å². The summed E-state index contributed by atoms with van der Waals surface area (Å²) < 4.78 is 1.61. The van der Waals surface area contributed by atoms with E-state index in [2.05, 4.69) is 15.4 Å². The van der Waals surface area contributed by atoms with Crippen LogP contribution in [0.15, 0.2) is 30.6 Å². The molecule has 0 atom stereocenters. The number of rotatable bonds is 2. The van der Waals surface area contributed by atoms with Gasteiger partial charge < -0.3 is 5.32 Å². The maximum atomic E-state index is 11.7. The van der Waals surface area contributed by atoms with Crippen molar-refractivity contribution in [2.24, 2.45) is 7.05 Å². The summed E-state index contributed by atoms with van der Waals surface area (Å²) in [6.07, 6.45) is 3.16. The summed E-state index contributed by atoms with van der Waals surface area (Å²) in [5.41, 5.74) is 0.440. The van der Waals surface area contributed by atoms with E-state index >= 15 is 0 Å². The molecule has 16 heavy (non-hydrogen) atoms. The minimum Gasteiger partial charge on any atom is -0.305 e. The van der Waals surface area contributed by atoms with Gasteiger partial charge in [-0.05, 0) is 12.1 Å². The third-order valence-corrected chi connectivity index (χ3v) is 2.17. The average molecular weight is 237 g/mol. The molecule has 1 N–H and O–H groups in total. The Bertz CT molecular complexity index is 506. The van der Waals surface area contributed by atoms with Gasteiger partial charge in [0.1, 0.15) is 5.15 Å². The monoisotopic (exact) mass is 236 g/mol. The molecule has 0 radical (unpaired) electrons. The molecule has 0 aliphatic heterocycles. The molecule has 0 fully saturated rings. The fourth-order valence-electron chi connectivity index (χ4n) is 1.18. The van der Waals surface area contributed by atoms with Crippen LogP contribution < -0.4 is 5.32 Å². The molecule has 0 aromatic carbocycles. The van der Waals surface area contributed by atoms with Crippen LogP contribution >= 0.6 is 11.6 Å². The lowest BCUT2D eigenvalue weighted by Gasteiger charge is -2.01. The van der Waals surface area contributed by atoms with Crippen LogP contribution in [0.1, 0.15) is 10.4 Å². The lowest BCUT2D eigenvalue weighted by Crippen LogP contribution is -2.12. The number of carbonyl (C=O) groups is 1. The topological polar surface area (TPSA) is 59.8 Å². The predicted molar refractivity (Wildman–Crippen MR) is 60.4 cm³/mol. The molecule has 5 nitrogen and oxygen atoms in total. The van der Waals surface area contributed by atoms with Gasteiger partial charge in [0.2, 0.25) is 0 Å². The first-order valence-electron chi connectivity index (χ1n) is 4.58. The van der Waals surface area contributed by atoms with Gasteiger partial charge in [0.25, 0.3) is 5.91 Å². The number of aromatic nitrogens is 3.